The molecule has 170 valence electrons. The van der Waals surface area contributed by atoms with Gasteiger partial charge in [0.1, 0.15) is 29.8 Å². The molecule has 0 radical (unpaired) electrons. The molecule has 1 N–H and O–H groups in total. The number of hydrogen-bond donors (Lipinski definition) is 1. The zero-order valence-corrected chi connectivity index (χ0v) is 19.7. The van der Waals surface area contributed by atoms with Crippen LogP contribution in [-0.2, 0) is 9.73 Å². The molecule has 1 fully saturated rings. The topological polar surface area (TPSA) is 79.7 Å². The average molecular weight is 458 g/mol. The Bertz CT molecular complexity index is 1270. The largest absolute Gasteiger partial charge is 0.488 e. The van der Waals surface area contributed by atoms with Gasteiger partial charge in [0.2, 0.25) is 0 Å². The van der Waals surface area contributed by atoms with E-state index in [1.807, 2.05) is 13.0 Å². The highest BCUT2D eigenvalue weighted by atomic mass is 32.2. The van der Waals surface area contributed by atoms with Crippen molar-refractivity contribution < 1.29 is 13.3 Å². The van der Waals surface area contributed by atoms with Gasteiger partial charge in [0.15, 0.2) is 0 Å². The maximum Gasteiger partial charge on any atom is 0.146 e. The minimum Gasteiger partial charge on any atom is -0.488 e. The Kier molecular flexibility index (Phi) is 6.05. The fourth-order valence-corrected chi connectivity index (χ4v) is 4.45. The number of nitrogens with zero attached hydrogens (tertiary/aromatic N) is 4. The van der Waals surface area contributed by atoms with Crippen LogP contribution in [0.25, 0.3) is 10.9 Å². The lowest BCUT2D eigenvalue weighted by Gasteiger charge is -2.39. The smallest absolute Gasteiger partial charge is 0.146 e. The van der Waals surface area contributed by atoms with Crippen LogP contribution in [0.3, 0.4) is 0 Å². The van der Waals surface area contributed by atoms with Crippen LogP contribution in [0.5, 0.6) is 5.75 Å². The molecule has 1 aliphatic rings. The molecule has 1 saturated carbocycles. The summed E-state index contributed by atoms with van der Waals surface area (Å²) in [4.78, 5) is 11.0. The normalized spacial score (nSPS) is 18.5. The van der Waals surface area contributed by atoms with Gasteiger partial charge < -0.3 is 15.0 Å². The van der Waals surface area contributed by atoms with Gasteiger partial charge in [-0.05, 0) is 63.7 Å². The Hall–Kier alpha value is -2.78. The van der Waals surface area contributed by atoms with E-state index in [2.05, 4.69) is 38.6 Å². The number of ether oxygens (including phenoxy) is 1. The maximum absolute atomic E-state index is 14.0. The number of aryl methyl sites for hydroxylation is 1. The van der Waals surface area contributed by atoms with Gasteiger partial charge in [-0.25, -0.2) is 18.6 Å². The molecular weight excluding hydrogens is 429 g/mol. The third-order valence-electron chi connectivity index (χ3n) is 5.54. The molecule has 1 aliphatic carbocycles. The quantitative estimate of drug-likeness (QED) is 0.580. The highest BCUT2D eigenvalue weighted by Gasteiger charge is 2.32. The summed E-state index contributed by atoms with van der Waals surface area (Å²) in [5.74, 6) is 0.690. The monoisotopic (exact) mass is 457 g/mol. The van der Waals surface area contributed by atoms with Gasteiger partial charge >= 0.3 is 0 Å². The SMILES string of the molecule is Cc1cc(N=S(C)(C)=O)cc2ncnc(Nc3ccc(F)cc3O[C@H]3C[C@H](N(C)C)C3)c12. The van der Waals surface area contributed by atoms with Crippen molar-refractivity contribution in [1.82, 2.24) is 14.9 Å². The van der Waals surface area contributed by atoms with Crippen LogP contribution in [0, 0.1) is 12.7 Å². The molecule has 1 aromatic heterocycles. The fourth-order valence-electron chi connectivity index (χ4n) is 3.83. The number of nitrogens with one attached hydrogen (secondary N) is 1. The first kappa shape index (κ1) is 22.4. The van der Waals surface area contributed by atoms with E-state index in [1.54, 1.807) is 24.6 Å². The summed E-state index contributed by atoms with van der Waals surface area (Å²) in [5.41, 5.74) is 2.83. The van der Waals surface area contributed by atoms with Gasteiger partial charge in [-0.15, -0.1) is 0 Å². The minimum absolute atomic E-state index is 0.0516. The maximum atomic E-state index is 14.0. The van der Waals surface area contributed by atoms with Gasteiger partial charge in [0.25, 0.3) is 0 Å². The summed E-state index contributed by atoms with van der Waals surface area (Å²) in [6, 6.07) is 8.59. The molecule has 4 rings (SSSR count). The second kappa shape index (κ2) is 8.63. The third-order valence-corrected chi connectivity index (χ3v) is 6.19. The molecule has 0 amide bonds. The molecule has 0 bridgehead atoms. The number of fused-ring (bicyclic) bond motifs is 1. The Morgan fingerprint density at radius 1 is 1.19 bits per heavy atom. The number of rotatable bonds is 6. The highest BCUT2D eigenvalue weighted by Crippen LogP contribution is 2.36. The molecule has 0 spiro atoms. The molecule has 2 aromatic carbocycles. The van der Waals surface area contributed by atoms with E-state index in [-0.39, 0.29) is 11.9 Å². The molecule has 7 nitrogen and oxygen atoms in total. The van der Waals surface area contributed by atoms with Gasteiger partial charge in [-0.1, -0.05) is 0 Å². The summed E-state index contributed by atoms with van der Waals surface area (Å²) in [5, 5.41) is 4.11. The average Bonchev–Trinajstić information content (AvgIpc) is 2.64. The molecule has 0 unspecified atom stereocenters. The molecule has 32 heavy (non-hydrogen) atoms. The fraction of sp³-hybridized carbons (Fsp3) is 0.391. The Morgan fingerprint density at radius 3 is 2.62 bits per heavy atom. The molecule has 9 heteroatoms. The van der Waals surface area contributed by atoms with E-state index in [9.17, 15) is 8.60 Å². The molecular formula is C23H28FN5O2S. The van der Waals surface area contributed by atoms with E-state index in [0.717, 1.165) is 23.8 Å². The summed E-state index contributed by atoms with van der Waals surface area (Å²) < 4.78 is 36.5. The van der Waals surface area contributed by atoms with Gasteiger partial charge in [0.05, 0.1) is 16.9 Å². The minimum atomic E-state index is -2.29. The molecule has 0 aliphatic heterocycles. The molecule has 0 atom stereocenters. The van der Waals surface area contributed by atoms with Crippen LogP contribution in [0.4, 0.5) is 21.6 Å². The predicted molar refractivity (Wildman–Crippen MR) is 127 cm³/mol. The van der Waals surface area contributed by atoms with Crippen molar-refractivity contribution in [3.8, 4) is 5.75 Å². The highest BCUT2D eigenvalue weighted by molar-refractivity contribution is 7.92. The number of aromatic nitrogens is 2. The van der Waals surface area contributed by atoms with Gasteiger partial charge in [-0.2, -0.15) is 4.36 Å². The lowest BCUT2D eigenvalue weighted by atomic mass is 9.88. The van der Waals surface area contributed by atoms with E-state index in [1.165, 1.54) is 18.5 Å². The van der Waals surface area contributed by atoms with Crippen LogP contribution >= 0.6 is 0 Å². The number of anilines is 2. The Morgan fingerprint density at radius 2 is 1.94 bits per heavy atom. The van der Waals surface area contributed by atoms with Crippen molar-refractivity contribution in [3.05, 3.63) is 48.0 Å². The lowest BCUT2D eigenvalue weighted by molar-refractivity contribution is 0.0404. The molecule has 1 heterocycles. The summed E-state index contributed by atoms with van der Waals surface area (Å²) in [6.45, 7) is 1.93. The number of benzene rings is 2. The third kappa shape index (κ3) is 4.99. The summed E-state index contributed by atoms with van der Waals surface area (Å²) in [6.07, 6.45) is 6.51. The van der Waals surface area contributed by atoms with Crippen molar-refractivity contribution in [1.29, 1.82) is 0 Å². The van der Waals surface area contributed by atoms with Crippen LogP contribution < -0.4 is 10.1 Å². The lowest BCUT2D eigenvalue weighted by Crippen LogP contribution is -2.46. The Labute approximate surface area is 188 Å². The number of halogens is 1. The molecule has 3 aromatic rings. The second-order valence-corrected chi connectivity index (χ2v) is 11.3. The zero-order valence-electron chi connectivity index (χ0n) is 18.9. The first-order valence-corrected chi connectivity index (χ1v) is 12.7. The van der Waals surface area contributed by atoms with E-state index in [0.29, 0.717) is 34.5 Å². The summed E-state index contributed by atoms with van der Waals surface area (Å²) in [7, 11) is 1.82. The van der Waals surface area contributed by atoms with Crippen molar-refractivity contribution in [2.45, 2.75) is 31.9 Å². The Balaban J connectivity index is 1.66. The van der Waals surface area contributed by atoms with Crippen molar-refractivity contribution in [3.63, 3.8) is 0 Å². The van der Waals surface area contributed by atoms with Crippen molar-refractivity contribution >= 4 is 37.8 Å². The van der Waals surface area contributed by atoms with Gasteiger partial charge in [0, 0.05) is 39.7 Å². The van der Waals surface area contributed by atoms with E-state index in [4.69, 9.17) is 4.74 Å². The second-order valence-electron chi connectivity index (χ2n) is 8.75. The first-order chi connectivity index (χ1) is 15.1. The van der Waals surface area contributed by atoms with Crippen LogP contribution in [0.15, 0.2) is 41.0 Å². The summed E-state index contributed by atoms with van der Waals surface area (Å²) >= 11 is 0. The molecule has 0 saturated heterocycles. The van der Waals surface area contributed by atoms with E-state index >= 15 is 0 Å². The van der Waals surface area contributed by atoms with Crippen LogP contribution in [0.2, 0.25) is 0 Å². The predicted octanol–water partition coefficient (Wildman–Crippen LogP) is 4.65. The van der Waals surface area contributed by atoms with Crippen molar-refractivity contribution in [2.75, 3.05) is 31.9 Å². The van der Waals surface area contributed by atoms with Crippen molar-refractivity contribution in [2.24, 2.45) is 4.36 Å². The van der Waals surface area contributed by atoms with E-state index < -0.39 is 9.73 Å². The number of hydrogen-bond acceptors (Lipinski definition) is 7. The van der Waals surface area contributed by atoms with Gasteiger partial charge in [-0.3, -0.25) is 0 Å². The first-order valence-electron chi connectivity index (χ1n) is 10.4. The standard InChI is InChI=1S/C23H28FN5O2S/c1-14-8-16(28-32(4,5)30)10-20-22(14)23(26-13-25-20)27-19-7-6-15(24)9-21(19)31-18-11-17(12-18)29(2)3/h6-10,13,17-18H,11-12H2,1-5H3,(H,25,26,27)/t17-,18-. The van der Waals surface area contributed by atoms with Crippen LogP contribution in [-0.4, -0.2) is 57.8 Å². The zero-order chi connectivity index (χ0) is 23.0. The van der Waals surface area contributed by atoms with Crippen LogP contribution in [0.1, 0.15) is 18.4 Å².